The summed E-state index contributed by atoms with van der Waals surface area (Å²) in [6.45, 7) is 1.97. The van der Waals surface area contributed by atoms with E-state index in [1.807, 2.05) is 30.3 Å². The van der Waals surface area contributed by atoms with Gasteiger partial charge < -0.3 is 10.6 Å². The number of carbonyl (C=O) groups is 3. The fourth-order valence-electron chi connectivity index (χ4n) is 8.55. The van der Waals surface area contributed by atoms with Crippen LogP contribution in [0.2, 0.25) is 0 Å². The van der Waals surface area contributed by atoms with Gasteiger partial charge in [-0.15, -0.1) is 0 Å². The van der Waals surface area contributed by atoms with E-state index in [2.05, 4.69) is 16.0 Å². The van der Waals surface area contributed by atoms with Gasteiger partial charge in [0.15, 0.2) is 0 Å². The summed E-state index contributed by atoms with van der Waals surface area (Å²) in [6, 6.07) is 9.10. The fourth-order valence-corrected chi connectivity index (χ4v) is 8.55. The second kappa shape index (κ2) is 8.83. The Hall–Kier alpha value is -2.93. The summed E-state index contributed by atoms with van der Waals surface area (Å²) < 4.78 is 0. The van der Waals surface area contributed by atoms with Gasteiger partial charge in [-0.2, -0.15) is 0 Å². The van der Waals surface area contributed by atoms with Gasteiger partial charge >= 0.3 is 0 Å². The first-order valence-electron chi connectivity index (χ1n) is 14.2. The molecule has 4 aliphatic carbocycles. The molecule has 6 aliphatic rings. The van der Waals surface area contributed by atoms with Crippen LogP contribution in [-0.4, -0.2) is 42.4 Å². The molecule has 4 bridgehead atoms. The van der Waals surface area contributed by atoms with Crippen molar-refractivity contribution in [1.29, 1.82) is 0 Å². The van der Waals surface area contributed by atoms with Gasteiger partial charge in [0.05, 0.1) is 5.69 Å². The van der Waals surface area contributed by atoms with Crippen LogP contribution in [0.15, 0.2) is 30.3 Å². The third-order valence-corrected chi connectivity index (χ3v) is 9.71. The van der Waals surface area contributed by atoms with Crippen molar-refractivity contribution in [3.05, 3.63) is 35.9 Å². The maximum Gasteiger partial charge on any atom is 0.259 e. The lowest BCUT2D eigenvalue weighted by Gasteiger charge is -2.57. The van der Waals surface area contributed by atoms with Crippen molar-refractivity contribution in [1.82, 2.24) is 10.6 Å². The molecule has 7 heteroatoms. The van der Waals surface area contributed by atoms with E-state index in [0.29, 0.717) is 17.5 Å². The van der Waals surface area contributed by atoms with Gasteiger partial charge in [0, 0.05) is 40.5 Å². The number of nitrogens with one attached hydrogen (secondary N) is 3. The summed E-state index contributed by atoms with van der Waals surface area (Å²) >= 11 is 0. The number of piperidine rings is 1. The topological polar surface area (TPSA) is 90.5 Å². The van der Waals surface area contributed by atoms with Gasteiger partial charge in [0.2, 0.25) is 11.8 Å². The SMILES string of the molecule is O=C1CCC(N2C(=O)c3cccc4c(NCCCCNC56CC7CC(CC(C7)C5)C6)ccc2c34)C(=O)N1. The average Bonchev–Trinajstić information content (AvgIpc) is 3.14. The Kier molecular flexibility index (Phi) is 5.54. The predicted octanol–water partition coefficient (Wildman–Crippen LogP) is 4.36. The molecule has 37 heavy (non-hydrogen) atoms. The van der Waals surface area contributed by atoms with Crippen molar-refractivity contribution in [2.45, 2.75) is 75.8 Å². The highest BCUT2D eigenvalue weighted by atomic mass is 16.2. The molecule has 2 aliphatic heterocycles. The summed E-state index contributed by atoms with van der Waals surface area (Å²) in [5.41, 5.74) is 2.84. The van der Waals surface area contributed by atoms with Crippen LogP contribution >= 0.6 is 0 Å². The van der Waals surface area contributed by atoms with Gasteiger partial charge in [-0.1, -0.05) is 12.1 Å². The largest absolute Gasteiger partial charge is 0.385 e. The number of benzene rings is 2. The molecule has 3 N–H and O–H groups in total. The number of nitrogens with zero attached hydrogens (tertiary/aromatic N) is 1. The maximum atomic E-state index is 13.3. The molecule has 2 heterocycles. The molecule has 5 fully saturated rings. The lowest BCUT2D eigenvalue weighted by atomic mass is 9.53. The Balaban J connectivity index is 0.992. The molecule has 0 radical (unpaired) electrons. The van der Waals surface area contributed by atoms with E-state index < -0.39 is 11.9 Å². The molecule has 4 saturated carbocycles. The number of amides is 3. The van der Waals surface area contributed by atoms with Gasteiger partial charge in [0.1, 0.15) is 6.04 Å². The Bertz CT molecular complexity index is 1250. The van der Waals surface area contributed by atoms with Crippen molar-refractivity contribution < 1.29 is 14.4 Å². The van der Waals surface area contributed by atoms with Crippen LogP contribution < -0.4 is 20.9 Å². The summed E-state index contributed by atoms with van der Waals surface area (Å²) in [7, 11) is 0. The first-order valence-corrected chi connectivity index (χ1v) is 14.2. The summed E-state index contributed by atoms with van der Waals surface area (Å²) in [4.78, 5) is 39.1. The number of unbranched alkanes of at least 4 members (excludes halogenated alkanes) is 1. The van der Waals surface area contributed by atoms with E-state index in [0.717, 1.165) is 65.8 Å². The zero-order valence-corrected chi connectivity index (χ0v) is 21.4. The molecule has 1 saturated heterocycles. The highest BCUT2D eigenvalue weighted by Gasteiger charge is 2.50. The molecule has 0 spiro atoms. The number of rotatable bonds is 8. The third-order valence-electron chi connectivity index (χ3n) is 9.71. The average molecular weight is 501 g/mol. The standard InChI is InChI=1S/C30H36N4O3/c35-26-9-8-25(28(36)33-26)34-24-7-6-23(21-4-3-5-22(27(21)24)29(34)37)31-10-1-2-11-32-30-15-18-12-19(16-30)14-20(13-18)17-30/h3-7,18-20,25,31-32H,1-2,8-17H2,(H,33,35,36). The van der Waals surface area contributed by atoms with E-state index in [9.17, 15) is 14.4 Å². The molecule has 7 nitrogen and oxygen atoms in total. The van der Waals surface area contributed by atoms with Gasteiger partial charge in [0.25, 0.3) is 5.91 Å². The van der Waals surface area contributed by atoms with Crippen molar-refractivity contribution >= 4 is 39.9 Å². The van der Waals surface area contributed by atoms with Crippen LogP contribution in [0.5, 0.6) is 0 Å². The molecular formula is C30H36N4O3. The summed E-state index contributed by atoms with van der Waals surface area (Å²) in [5, 5.41) is 11.9. The fraction of sp³-hybridized carbons (Fsp3) is 0.567. The Morgan fingerprint density at radius 3 is 2.38 bits per heavy atom. The number of hydrogen-bond acceptors (Lipinski definition) is 5. The summed E-state index contributed by atoms with van der Waals surface area (Å²) in [5.74, 6) is 2.09. The van der Waals surface area contributed by atoms with E-state index in [1.165, 1.54) is 38.5 Å². The molecule has 2 aromatic rings. The molecule has 1 unspecified atom stereocenters. The normalized spacial score (nSPS) is 31.9. The zero-order valence-electron chi connectivity index (χ0n) is 21.4. The highest BCUT2D eigenvalue weighted by Crippen LogP contribution is 2.55. The number of imide groups is 1. The van der Waals surface area contributed by atoms with E-state index in [4.69, 9.17) is 0 Å². The van der Waals surface area contributed by atoms with E-state index >= 15 is 0 Å². The minimum absolute atomic E-state index is 0.164. The molecule has 194 valence electrons. The lowest BCUT2D eigenvalue weighted by molar-refractivity contribution is -0.134. The van der Waals surface area contributed by atoms with Gasteiger partial charge in [-0.25, -0.2) is 0 Å². The van der Waals surface area contributed by atoms with Crippen molar-refractivity contribution in [2.75, 3.05) is 23.3 Å². The van der Waals surface area contributed by atoms with Crippen molar-refractivity contribution in [3.8, 4) is 0 Å². The first-order chi connectivity index (χ1) is 18.0. The second-order valence-corrected chi connectivity index (χ2v) is 12.3. The van der Waals surface area contributed by atoms with E-state index in [-0.39, 0.29) is 18.2 Å². The maximum absolute atomic E-state index is 13.3. The minimum atomic E-state index is -0.652. The van der Waals surface area contributed by atoms with Crippen LogP contribution in [0.4, 0.5) is 11.4 Å². The number of carbonyl (C=O) groups excluding carboxylic acids is 3. The monoisotopic (exact) mass is 500 g/mol. The van der Waals surface area contributed by atoms with Crippen molar-refractivity contribution in [2.24, 2.45) is 17.8 Å². The quantitative estimate of drug-likeness (QED) is 0.370. The van der Waals surface area contributed by atoms with Gasteiger partial charge in [-0.3, -0.25) is 24.6 Å². The molecular weight excluding hydrogens is 464 g/mol. The minimum Gasteiger partial charge on any atom is -0.385 e. The van der Waals surface area contributed by atoms with Crippen LogP contribution in [0.3, 0.4) is 0 Å². The van der Waals surface area contributed by atoms with E-state index in [1.54, 1.807) is 4.90 Å². The molecule has 1 atom stereocenters. The second-order valence-electron chi connectivity index (χ2n) is 12.3. The molecule has 2 aromatic carbocycles. The highest BCUT2D eigenvalue weighted by molar-refractivity contribution is 6.28. The third kappa shape index (κ3) is 3.94. The lowest BCUT2D eigenvalue weighted by Crippen LogP contribution is -2.58. The number of anilines is 2. The number of hydrogen-bond donors (Lipinski definition) is 3. The van der Waals surface area contributed by atoms with Crippen molar-refractivity contribution in [3.63, 3.8) is 0 Å². The zero-order chi connectivity index (χ0) is 25.1. The van der Waals surface area contributed by atoms with Crippen LogP contribution in [0.25, 0.3) is 10.8 Å². The Morgan fingerprint density at radius 2 is 1.65 bits per heavy atom. The predicted molar refractivity (Wildman–Crippen MR) is 144 cm³/mol. The Labute approximate surface area is 217 Å². The molecule has 8 rings (SSSR count). The molecule has 0 aromatic heterocycles. The van der Waals surface area contributed by atoms with Gasteiger partial charge in [-0.05, 0) is 100 Å². The van der Waals surface area contributed by atoms with Crippen LogP contribution in [0.1, 0.15) is 74.6 Å². The summed E-state index contributed by atoms with van der Waals surface area (Å²) in [6.07, 6.45) is 11.5. The first kappa shape index (κ1) is 23.2. The van der Waals surface area contributed by atoms with Crippen LogP contribution in [-0.2, 0) is 9.59 Å². The van der Waals surface area contributed by atoms with Crippen LogP contribution in [0, 0.1) is 17.8 Å². The Morgan fingerprint density at radius 1 is 0.919 bits per heavy atom. The smallest absolute Gasteiger partial charge is 0.259 e. The molecule has 3 amide bonds.